The Labute approximate surface area is 131 Å². The molecule has 1 aromatic rings. The van der Waals surface area contributed by atoms with Crippen molar-refractivity contribution in [1.29, 1.82) is 0 Å². The number of carbonyl (C=O) groups excluding carboxylic acids is 2. The number of amides is 2. The lowest BCUT2D eigenvalue weighted by Crippen LogP contribution is -2.49. The van der Waals surface area contributed by atoms with Crippen LogP contribution in [0.2, 0.25) is 0 Å². The van der Waals surface area contributed by atoms with Gasteiger partial charge < -0.3 is 15.4 Å². The summed E-state index contributed by atoms with van der Waals surface area (Å²) in [6.45, 7) is 5.31. The molecule has 1 unspecified atom stereocenters. The van der Waals surface area contributed by atoms with Crippen LogP contribution < -0.4 is 10.6 Å². The molecule has 1 aliphatic heterocycles. The molecule has 1 aliphatic rings. The third kappa shape index (κ3) is 4.17. The standard InChI is InChI=1S/C14H18BrN3O3/c1-14(2,3)21-13(20)18-11-5-9-10(17-12(11)19)4-8(6-15)7-16-9/h4,7,11H,5-6H2,1-3H3,(H,17,19)(H,18,20). The first-order valence-electron chi connectivity index (χ1n) is 6.62. The van der Waals surface area contributed by atoms with E-state index in [1.165, 1.54) is 0 Å². The van der Waals surface area contributed by atoms with E-state index < -0.39 is 17.7 Å². The number of halogens is 1. The minimum Gasteiger partial charge on any atom is -0.444 e. The number of aromatic nitrogens is 1. The van der Waals surface area contributed by atoms with Crippen LogP contribution in [-0.2, 0) is 21.3 Å². The van der Waals surface area contributed by atoms with E-state index in [1.807, 2.05) is 6.07 Å². The fourth-order valence-corrected chi connectivity index (χ4v) is 2.26. The van der Waals surface area contributed by atoms with Crippen molar-refractivity contribution in [1.82, 2.24) is 10.3 Å². The molecule has 6 nitrogen and oxygen atoms in total. The molecule has 0 radical (unpaired) electrons. The Kier molecular flexibility index (Phi) is 4.51. The number of hydrogen-bond acceptors (Lipinski definition) is 4. The fourth-order valence-electron chi connectivity index (χ4n) is 1.95. The van der Waals surface area contributed by atoms with Gasteiger partial charge in [0.15, 0.2) is 0 Å². The highest BCUT2D eigenvalue weighted by molar-refractivity contribution is 9.08. The van der Waals surface area contributed by atoms with Crippen molar-refractivity contribution in [2.24, 2.45) is 0 Å². The number of pyridine rings is 1. The van der Waals surface area contributed by atoms with Crippen molar-refractivity contribution in [3.63, 3.8) is 0 Å². The van der Waals surface area contributed by atoms with Crippen LogP contribution in [0.3, 0.4) is 0 Å². The molecule has 2 rings (SSSR count). The first-order valence-corrected chi connectivity index (χ1v) is 7.75. The molecule has 0 fully saturated rings. The molecule has 2 heterocycles. The minimum absolute atomic E-state index is 0.262. The number of rotatable bonds is 2. The van der Waals surface area contributed by atoms with Crippen molar-refractivity contribution >= 4 is 33.6 Å². The molecule has 114 valence electrons. The van der Waals surface area contributed by atoms with E-state index in [0.29, 0.717) is 17.4 Å². The number of alkyl halides is 1. The molecule has 0 saturated heterocycles. The summed E-state index contributed by atoms with van der Waals surface area (Å²) in [5.41, 5.74) is 1.82. The Morgan fingerprint density at radius 3 is 2.90 bits per heavy atom. The molecule has 1 atom stereocenters. The third-order valence-corrected chi connectivity index (χ3v) is 3.49. The van der Waals surface area contributed by atoms with Crippen LogP contribution >= 0.6 is 15.9 Å². The van der Waals surface area contributed by atoms with Gasteiger partial charge in [-0.2, -0.15) is 0 Å². The first kappa shape index (κ1) is 15.8. The van der Waals surface area contributed by atoms with Gasteiger partial charge in [0, 0.05) is 17.9 Å². The molecule has 2 N–H and O–H groups in total. The summed E-state index contributed by atoms with van der Waals surface area (Å²) < 4.78 is 5.16. The van der Waals surface area contributed by atoms with Crippen molar-refractivity contribution in [2.75, 3.05) is 5.32 Å². The van der Waals surface area contributed by atoms with Crippen LogP contribution in [0.4, 0.5) is 10.5 Å². The smallest absolute Gasteiger partial charge is 0.408 e. The van der Waals surface area contributed by atoms with Gasteiger partial charge >= 0.3 is 6.09 Å². The summed E-state index contributed by atoms with van der Waals surface area (Å²) in [4.78, 5) is 28.1. The van der Waals surface area contributed by atoms with E-state index in [2.05, 4.69) is 31.5 Å². The zero-order valence-corrected chi connectivity index (χ0v) is 13.8. The van der Waals surface area contributed by atoms with Crippen LogP contribution in [0, 0.1) is 0 Å². The topological polar surface area (TPSA) is 80.3 Å². The average Bonchev–Trinajstić information content (AvgIpc) is 2.37. The summed E-state index contributed by atoms with van der Waals surface area (Å²) in [5, 5.41) is 6.00. The van der Waals surface area contributed by atoms with Gasteiger partial charge in [0.2, 0.25) is 5.91 Å². The Bertz CT molecular complexity index is 569. The van der Waals surface area contributed by atoms with E-state index in [4.69, 9.17) is 4.74 Å². The van der Waals surface area contributed by atoms with E-state index >= 15 is 0 Å². The first-order chi connectivity index (χ1) is 9.78. The second kappa shape index (κ2) is 6.01. The Morgan fingerprint density at radius 1 is 1.57 bits per heavy atom. The van der Waals surface area contributed by atoms with Gasteiger partial charge in [-0.3, -0.25) is 9.78 Å². The second-order valence-corrected chi connectivity index (χ2v) is 6.42. The van der Waals surface area contributed by atoms with Crippen molar-refractivity contribution < 1.29 is 14.3 Å². The van der Waals surface area contributed by atoms with Crippen LogP contribution in [0.1, 0.15) is 32.0 Å². The molecule has 0 saturated carbocycles. The lowest BCUT2D eigenvalue weighted by Gasteiger charge is -2.26. The molecule has 7 heteroatoms. The maximum Gasteiger partial charge on any atom is 0.408 e. The monoisotopic (exact) mass is 355 g/mol. The van der Waals surface area contributed by atoms with Gasteiger partial charge in [-0.25, -0.2) is 4.79 Å². The maximum atomic E-state index is 12.0. The predicted molar refractivity (Wildman–Crippen MR) is 82.4 cm³/mol. The second-order valence-electron chi connectivity index (χ2n) is 5.86. The number of fused-ring (bicyclic) bond motifs is 1. The number of alkyl carbamates (subject to hydrolysis) is 1. The molecular formula is C14H18BrN3O3. The van der Waals surface area contributed by atoms with E-state index in [-0.39, 0.29) is 5.91 Å². The highest BCUT2D eigenvalue weighted by Gasteiger charge is 2.30. The summed E-state index contributed by atoms with van der Waals surface area (Å²) in [7, 11) is 0. The molecular weight excluding hydrogens is 338 g/mol. The molecule has 0 spiro atoms. The highest BCUT2D eigenvalue weighted by atomic mass is 79.9. The Morgan fingerprint density at radius 2 is 2.29 bits per heavy atom. The third-order valence-electron chi connectivity index (χ3n) is 2.84. The number of hydrogen-bond donors (Lipinski definition) is 2. The van der Waals surface area contributed by atoms with E-state index in [0.717, 1.165) is 11.3 Å². The van der Waals surface area contributed by atoms with Gasteiger partial charge in [-0.15, -0.1) is 0 Å². The molecule has 0 aliphatic carbocycles. The van der Waals surface area contributed by atoms with E-state index in [9.17, 15) is 9.59 Å². The molecule has 1 aromatic heterocycles. The predicted octanol–water partition coefficient (Wildman–Crippen LogP) is 2.36. The molecule has 2 amide bonds. The molecule has 21 heavy (non-hydrogen) atoms. The SMILES string of the molecule is CC(C)(C)OC(=O)NC1Cc2ncc(CBr)cc2NC1=O. The van der Waals surface area contributed by atoms with Crippen LogP contribution in [0.15, 0.2) is 12.3 Å². The number of nitrogens with zero attached hydrogens (tertiary/aromatic N) is 1. The number of nitrogens with one attached hydrogen (secondary N) is 2. The van der Waals surface area contributed by atoms with Crippen molar-refractivity contribution in [3.05, 3.63) is 23.5 Å². The summed E-state index contributed by atoms with van der Waals surface area (Å²) in [5.74, 6) is -0.262. The zero-order chi connectivity index (χ0) is 15.6. The van der Waals surface area contributed by atoms with Crippen molar-refractivity contribution in [2.45, 2.75) is 44.2 Å². The lowest BCUT2D eigenvalue weighted by atomic mass is 10.0. The summed E-state index contributed by atoms with van der Waals surface area (Å²) in [6, 6.07) is 1.20. The van der Waals surface area contributed by atoms with Crippen LogP contribution in [0.25, 0.3) is 0 Å². The normalized spacial score (nSPS) is 17.7. The van der Waals surface area contributed by atoms with Gasteiger partial charge in [0.05, 0.1) is 11.4 Å². The van der Waals surface area contributed by atoms with Gasteiger partial charge in [-0.1, -0.05) is 15.9 Å². The number of ether oxygens (including phenoxy) is 1. The fraction of sp³-hybridized carbons (Fsp3) is 0.500. The maximum absolute atomic E-state index is 12.0. The molecule has 0 bridgehead atoms. The van der Waals surface area contributed by atoms with Gasteiger partial charge in [0.25, 0.3) is 0 Å². The Hall–Kier alpha value is -1.63. The zero-order valence-electron chi connectivity index (χ0n) is 12.2. The summed E-state index contributed by atoms with van der Waals surface area (Å²) in [6.07, 6.45) is 1.49. The highest BCUT2D eigenvalue weighted by Crippen LogP contribution is 2.22. The van der Waals surface area contributed by atoms with Gasteiger partial charge in [0.1, 0.15) is 11.6 Å². The average molecular weight is 356 g/mol. The Balaban J connectivity index is 2.07. The largest absolute Gasteiger partial charge is 0.444 e. The lowest BCUT2D eigenvalue weighted by molar-refractivity contribution is -0.118. The molecule has 0 aromatic carbocycles. The quantitative estimate of drug-likeness (QED) is 0.798. The van der Waals surface area contributed by atoms with Gasteiger partial charge in [-0.05, 0) is 32.4 Å². The van der Waals surface area contributed by atoms with E-state index in [1.54, 1.807) is 27.0 Å². The van der Waals surface area contributed by atoms with Crippen LogP contribution in [0.5, 0.6) is 0 Å². The minimum atomic E-state index is -0.672. The van der Waals surface area contributed by atoms with Crippen molar-refractivity contribution in [3.8, 4) is 0 Å². The van der Waals surface area contributed by atoms with Crippen LogP contribution in [-0.4, -0.2) is 28.6 Å². The number of carbonyl (C=O) groups is 2. The number of anilines is 1. The summed E-state index contributed by atoms with van der Waals surface area (Å²) >= 11 is 3.35.